The largest absolute Gasteiger partial charge is 0.399 e. The van der Waals surface area contributed by atoms with Gasteiger partial charge in [-0.25, -0.2) is 0 Å². The molecular formula is C10H13N3O2S. The van der Waals surface area contributed by atoms with Crippen molar-refractivity contribution in [1.29, 1.82) is 0 Å². The van der Waals surface area contributed by atoms with Crippen molar-refractivity contribution in [1.82, 2.24) is 0 Å². The minimum atomic E-state index is -0.368. The van der Waals surface area contributed by atoms with E-state index in [1.165, 1.54) is 6.07 Å². The number of thioether (sulfide) groups is 1. The Kier molecular flexibility index (Phi) is 3.19. The second-order valence-corrected chi connectivity index (χ2v) is 4.83. The maximum absolute atomic E-state index is 10.9. The number of nitro benzene ring substituents is 1. The van der Waals surface area contributed by atoms with Gasteiger partial charge in [0.25, 0.3) is 5.69 Å². The fraction of sp³-hybridized carbons (Fsp3) is 0.400. The third kappa shape index (κ3) is 2.21. The number of rotatable bonds is 2. The van der Waals surface area contributed by atoms with Crippen molar-refractivity contribution in [3.63, 3.8) is 0 Å². The van der Waals surface area contributed by atoms with E-state index in [1.807, 2.05) is 16.7 Å². The normalized spacial score (nSPS) is 16.1. The summed E-state index contributed by atoms with van der Waals surface area (Å²) in [5.41, 5.74) is 6.78. The highest BCUT2D eigenvalue weighted by molar-refractivity contribution is 7.99. The second-order valence-electron chi connectivity index (χ2n) is 3.60. The molecule has 0 atom stereocenters. The summed E-state index contributed by atoms with van der Waals surface area (Å²) in [5, 5.41) is 10.9. The number of nitrogen functional groups attached to an aromatic ring is 1. The van der Waals surface area contributed by atoms with Crippen molar-refractivity contribution in [2.75, 3.05) is 35.2 Å². The Morgan fingerprint density at radius 3 is 2.69 bits per heavy atom. The highest BCUT2D eigenvalue weighted by Crippen LogP contribution is 2.31. The molecule has 1 heterocycles. The molecule has 1 aromatic rings. The molecule has 0 saturated carbocycles. The monoisotopic (exact) mass is 239 g/mol. The van der Waals surface area contributed by atoms with Crippen LogP contribution in [0.3, 0.4) is 0 Å². The molecule has 6 heteroatoms. The second kappa shape index (κ2) is 4.61. The average molecular weight is 239 g/mol. The van der Waals surface area contributed by atoms with Gasteiger partial charge in [0, 0.05) is 36.3 Å². The maximum Gasteiger partial charge on any atom is 0.294 e. The van der Waals surface area contributed by atoms with E-state index in [0.29, 0.717) is 11.4 Å². The lowest BCUT2D eigenvalue weighted by Crippen LogP contribution is -2.32. The minimum Gasteiger partial charge on any atom is -0.399 e. The predicted molar refractivity (Wildman–Crippen MR) is 67.0 cm³/mol. The van der Waals surface area contributed by atoms with Crippen LogP contribution in [0.2, 0.25) is 0 Å². The molecule has 1 fully saturated rings. The van der Waals surface area contributed by atoms with E-state index in [9.17, 15) is 10.1 Å². The Labute approximate surface area is 97.8 Å². The van der Waals surface area contributed by atoms with Crippen LogP contribution in [0.1, 0.15) is 0 Å². The summed E-state index contributed by atoms with van der Waals surface area (Å²) in [6.07, 6.45) is 0. The first kappa shape index (κ1) is 11.1. The minimum absolute atomic E-state index is 0.104. The zero-order chi connectivity index (χ0) is 11.5. The van der Waals surface area contributed by atoms with Crippen molar-refractivity contribution in [3.8, 4) is 0 Å². The van der Waals surface area contributed by atoms with Gasteiger partial charge in [0.05, 0.1) is 4.92 Å². The lowest BCUT2D eigenvalue weighted by atomic mass is 10.2. The molecule has 0 unspecified atom stereocenters. The Morgan fingerprint density at radius 2 is 2.06 bits per heavy atom. The summed E-state index contributed by atoms with van der Waals surface area (Å²) in [5.74, 6) is 2.03. The summed E-state index contributed by atoms with van der Waals surface area (Å²) in [7, 11) is 0. The van der Waals surface area contributed by atoms with E-state index in [4.69, 9.17) is 5.73 Å². The van der Waals surface area contributed by atoms with Gasteiger partial charge in [-0.15, -0.1) is 0 Å². The van der Waals surface area contributed by atoms with Crippen molar-refractivity contribution in [2.24, 2.45) is 0 Å². The van der Waals surface area contributed by atoms with Crippen LogP contribution in [-0.4, -0.2) is 29.5 Å². The fourth-order valence-electron chi connectivity index (χ4n) is 1.76. The molecule has 5 nitrogen and oxygen atoms in total. The van der Waals surface area contributed by atoms with Gasteiger partial charge >= 0.3 is 0 Å². The first-order chi connectivity index (χ1) is 7.68. The van der Waals surface area contributed by atoms with Crippen molar-refractivity contribution in [2.45, 2.75) is 0 Å². The van der Waals surface area contributed by atoms with Gasteiger partial charge in [0.15, 0.2) is 0 Å². The lowest BCUT2D eigenvalue weighted by molar-refractivity contribution is -0.384. The van der Waals surface area contributed by atoms with Crippen LogP contribution in [0.5, 0.6) is 0 Å². The van der Waals surface area contributed by atoms with Gasteiger partial charge in [-0.1, -0.05) is 0 Å². The Morgan fingerprint density at radius 1 is 1.38 bits per heavy atom. The SMILES string of the molecule is Nc1ccc(N2CCSCC2)c([N+](=O)[O-])c1. The zero-order valence-electron chi connectivity index (χ0n) is 8.76. The molecule has 0 radical (unpaired) electrons. The van der Waals surface area contributed by atoms with Crippen LogP contribution in [0.15, 0.2) is 18.2 Å². The number of hydrogen-bond acceptors (Lipinski definition) is 5. The fourth-order valence-corrected chi connectivity index (χ4v) is 2.66. The molecule has 86 valence electrons. The van der Waals surface area contributed by atoms with E-state index in [2.05, 4.69) is 0 Å². The van der Waals surface area contributed by atoms with E-state index in [0.717, 1.165) is 24.6 Å². The van der Waals surface area contributed by atoms with Crippen molar-refractivity contribution >= 4 is 28.8 Å². The van der Waals surface area contributed by atoms with Crippen molar-refractivity contribution in [3.05, 3.63) is 28.3 Å². The molecule has 16 heavy (non-hydrogen) atoms. The third-order valence-corrected chi connectivity index (χ3v) is 3.49. The number of benzene rings is 1. The Balaban J connectivity index is 2.34. The molecule has 2 rings (SSSR count). The van der Waals surface area contributed by atoms with Crippen LogP contribution in [-0.2, 0) is 0 Å². The van der Waals surface area contributed by atoms with Gasteiger partial charge in [-0.3, -0.25) is 10.1 Å². The summed E-state index contributed by atoms with van der Waals surface area (Å²) < 4.78 is 0. The third-order valence-electron chi connectivity index (χ3n) is 2.55. The molecule has 1 aromatic carbocycles. The molecule has 0 amide bonds. The van der Waals surface area contributed by atoms with E-state index >= 15 is 0 Å². The predicted octanol–water partition coefficient (Wildman–Crippen LogP) is 1.73. The molecule has 1 saturated heterocycles. The van der Waals surface area contributed by atoms with Crippen LogP contribution in [0.25, 0.3) is 0 Å². The number of nitro groups is 1. The van der Waals surface area contributed by atoms with Crippen LogP contribution >= 0.6 is 11.8 Å². The van der Waals surface area contributed by atoms with E-state index < -0.39 is 0 Å². The van der Waals surface area contributed by atoms with E-state index in [1.54, 1.807) is 12.1 Å². The molecule has 0 bridgehead atoms. The Hall–Kier alpha value is -1.43. The number of hydrogen-bond donors (Lipinski definition) is 1. The quantitative estimate of drug-likeness (QED) is 0.483. The average Bonchev–Trinajstić information content (AvgIpc) is 2.30. The van der Waals surface area contributed by atoms with Gasteiger partial charge in [0.1, 0.15) is 5.69 Å². The maximum atomic E-state index is 10.9. The van der Waals surface area contributed by atoms with Gasteiger partial charge in [0.2, 0.25) is 0 Å². The summed E-state index contributed by atoms with van der Waals surface area (Å²) in [6.45, 7) is 1.71. The topological polar surface area (TPSA) is 72.4 Å². The Bertz CT molecular complexity index is 405. The number of nitrogens with two attached hydrogens (primary N) is 1. The smallest absolute Gasteiger partial charge is 0.294 e. The van der Waals surface area contributed by atoms with Crippen molar-refractivity contribution < 1.29 is 4.92 Å². The highest BCUT2D eigenvalue weighted by atomic mass is 32.2. The molecule has 0 spiro atoms. The molecule has 1 aliphatic heterocycles. The standard InChI is InChI=1S/C10H13N3O2S/c11-8-1-2-9(10(7-8)13(14)15)12-3-5-16-6-4-12/h1-2,7H,3-6,11H2. The zero-order valence-corrected chi connectivity index (χ0v) is 9.57. The molecular weight excluding hydrogens is 226 g/mol. The van der Waals surface area contributed by atoms with Crippen LogP contribution < -0.4 is 10.6 Å². The van der Waals surface area contributed by atoms with Gasteiger partial charge in [-0.2, -0.15) is 11.8 Å². The first-order valence-corrected chi connectivity index (χ1v) is 6.20. The number of anilines is 2. The first-order valence-electron chi connectivity index (χ1n) is 5.05. The molecule has 0 aliphatic carbocycles. The van der Waals surface area contributed by atoms with Gasteiger partial charge in [-0.05, 0) is 12.1 Å². The van der Waals surface area contributed by atoms with E-state index in [-0.39, 0.29) is 10.6 Å². The lowest BCUT2D eigenvalue weighted by Gasteiger charge is -2.28. The summed E-state index contributed by atoms with van der Waals surface area (Å²) in [4.78, 5) is 12.6. The molecule has 2 N–H and O–H groups in total. The molecule has 0 aromatic heterocycles. The van der Waals surface area contributed by atoms with Gasteiger partial charge < -0.3 is 10.6 Å². The number of nitrogens with zero attached hydrogens (tertiary/aromatic N) is 2. The van der Waals surface area contributed by atoms with Crippen LogP contribution in [0.4, 0.5) is 17.1 Å². The summed E-state index contributed by atoms with van der Waals surface area (Å²) in [6, 6.07) is 4.88. The summed E-state index contributed by atoms with van der Waals surface area (Å²) >= 11 is 1.87. The highest BCUT2D eigenvalue weighted by Gasteiger charge is 2.21. The molecule has 1 aliphatic rings. The van der Waals surface area contributed by atoms with Crippen LogP contribution in [0, 0.1) is 10.1 Å².